The molecule has 2 atom stereocenters. The zero-order valence-electron chi connectivity index (χ0n) is 14.6. The highest BCUT2D eigenvalue weighted by atomic mass is 35.5. The summed E-state index contributed by atoms with van der Waals surface area (Å²) in [5.74, 6) is 6.94. The van der Waals surface area contributed by atoms with Crippen LogP contribution in [0.5, 0.6) is 0 Å². The van der Waals surface area contributed by atoms with Gasteiger partial charge in [-0.25, -0.2) is 0 Å². The molecule has 0 aliphatic carbocycles. The summed E-state index contributed by atoms with van der Waals surface area (Å²) in [5, 5.41) is 0. The van der Waals surface area contributed by atoms with Crippen molar-refractivity contribution in [2.45, 2.75) is 38.6 Å². The van der Waals surface area contributed by atoms with E-state index in [1.165, 1.54) is 24.8 Å². The molecule has 1 amide bonds. The van der Waals surface area contributed by atoms with E-state index in [1.807, 2.05) is 24.1 Å². The number of amides is 1. The number of rotatable bonds is 2. The summed E-state index contributed by atoms with van der Waals surface area (Å²) in [5.41, 5.74) is 2.25. The van der Waals surface area contributed by atoms with Gasteiger partial charge < -0.3 is 9.80 Å². The van der Waals surface area contributed by atoms with Crippen LogP contribution in [0, 0.1) is 24.7 Å². The van der Waals surface area contributed by atoms with Gasteiger partial charge in [0.1, 0.15) is 0 Å². The van der Waals surface area contributed by atoms with Crippen LogP contribution in [0.15, 0.2) is 24.3 Å². The Balaban J connectivity index is 0.00000208. The lowest BCUT2D eigenvalue weighted by Gasteiger charge is -2.28. The van der Waals surface area contributed by atoms with E-state index in [2.05, 4.69) is 35.8 Å². The topological polar surface area (TPSA) is 23.6 Å². The van der Waals surface area contributed by atoms with Crippen molar-refractivity contribution in [3.8, 4) is 11.8 Å². The quantitative estimate of drug-likeness (QED) is 0.768. The molecule has 0 N–H and O–H groups in total. The van der Waals surface area contributed by atoms with Crippen LogP contribution in [-0.2, 0) is 4.79 Å². The highest BCUT2D eigenvalue weighted by Gasteiger charge is 2.37. The van der Waals surface area contributed by atoms with Crippen molar-refractivity contribution in [1.29, 1.82) is 0 Å². The lowest BCUT2D eigenvalue weighted by molar-refractivity contribution is -0.130. The van der Waals surface area contributed by atoms with Crippen LogP contribution < -0.4 is 0 Å². The molecule has 2 aliphatic heterocycles. The van der Waals surface area contributed by atoms with Crippen LogP contribution in [0.3, 0.4) is 0 Å². The molecule has 24 heavy (non-hydrogen) atoms. The predicted molar refractivity (Wildman–Crippen MR) is 100 cm³/mol. The van der Waals surface area contributed by atoms with E-state index >= 15 is 0 Å². The normalized spacial score (nSPS) is 24.2. The van der Waals surface area contributed by atoms with E-state index in [-0.39, 0.29) is 30.3 Å². The molecule has 3 rings (SSSR count). The summed E-state index contributed by atoms with van der Waals surface area (Å²) in [6.07, 6.45) is 4.74. The minimum Gasteiger partial charge on any atom is -0.332 e. The van der Waals surface area contributed by atoms with Gasteiger partial charge in [-0.1, -0.05) is 30.4 Å². The molecule has 3 nitrogen and oxygen atoms in total. The molecular formula is C20H27ClN2O. The number of carbonyl (C=O) groups is 1. The summed E-state index contributed by atoms with van der Waals surface area (Å²) in [6.45, 7) is 5.27. The molecule has 130 valence electrons. The number of hydrogen-bond donors (Lipinski definition) is 0. The van der Waals surface area contributed by atoms with Crippen molar-refractivity contribution in [3.63, 3.8) is 0 Å². The molecule has 0 unspecified atom stereocenters. The fraction of sp³-hybridized carbons (Fsp3) is 0.550. The molecule has 0 spiro atoms. The standard InChI is InChI=1S/C20H26N2O.ClH/c1-16-7-6-8-17(13-16)9-10-19-14-18(20(23)21(19)2)15-22-11-4-3-5-12-22;/h6-8,13,18-19H,3-5,11-12,14-15H2,1-2H3;1H/t18-,19-;/m1./s1. The van der Waals surface area contributed by atoms with Crippen LogP contribution in [-0.4, -0.2) is 48.4 Å². The highest BCUT2D eigenvalue weighted by Crippen LogP contribution is 2.25. The molecule has 2 saturated heterocycles. The lowest BCUT2D eigenvalue weighted by atomic mass is 10.0. The van der Waals surface area contributed by atoms with E-state index in [0.29, 0.717) is 0 Å². The molecule has 2 heterocycles. The minimum atomic E-state index is 0. The second-order valence-electron chi connectivity index (χ2n) is 6.90. The van der Waals surface area contributed by atoms with Gasteiger partial charge in [0, 0.05) is 19.2 Å². The van der Waals surface area contributed by atoms with E-state index in [1.54, 1.807) is 0 Å². The van der Waals surface area contributed by atoms with Crippen LogP contribution in [0.4, 0.5) is 0 Å². The Morgan fingerprint density at radius 3 is 2.67 bits per heavy atom. The van der Waals surface area contributed by atoms with Crippen molar-refractivity contribution in [2.24, 2.45) is 5.92 Å². The first-order valence-corrected chi connectivity index (χ1v) is 8.71. The highest BCUT2D eigenvalue weighted by molar-refractivity contribution is 5.85. The molecule has 1 aromatic carbocycles. The van der Waals surface area contributed by atoms with Gasteiger partial charge in [0.05, 0.1) is 12.0 Å². The number of halogens is 1. The Hall–Kier alpha value is -1.50. The number of aryl methyl sites for hydroxylation is 1. The van der Waals surface area contributed by atoms with Crippen molar-refractivity contribution in [3.05, 3.63) is 35.4 Å². The van der Waals surface area contributed by atoms with Crippen molar-refractivity contribution < 1.29 is 4.79 Å². The molecule has 1 aromatic rings. The number of nitrogens with zero attached hydrogens (tertiary/aromatic N) is 2. The first-order valence-electron chi connectivity index (χ1n) is 8.71. The third kappa shape index (κ3) is 4.53. The smallest absolute Gasteiger partial charge is 0.227 e. The average molecular weight is 347 g/mol. The maximum Gasteiger partial charge on any atom is 0.227 e. The second kappa shape index (κ2) is 8.55. The van der Waals surface area contributed by atoms with Gasteiger partial charge in [-0.15, -0.1) is 12.4 Å². The van der Waals surface area contributed by atoms with Crippen LogP contribution in [0.25, 0.3) is 0 Å². The fourth-order valence-corrected chi connectivity index (χ4v) is 3.62. The van der Waals surface area contributed by atoms with Crippen molar-refractivity contribution in [2.75, 3.05) is 26.7 Å². The van der Waals surface area contributed by atoms with E-state index in [9.17, 15) is 4.79 Å². The Morgan fingerprint density at radius 1 is 1.21 bits per heavy atom. The molecule has 0 aromatic heterocycles. The Bertz CT molecular complexity index is 628. The number of piperidine rings is 1. The maximum absolute atomic E-state index is 12.5. The largest absolute Gasteiger partial charge is 0.332 e. The first-order chi connectivity index (χ1) is 11.1. The van der Waals surface area contributed by atoms with Gasteiger partial charge >= 0.3 is 0 Å². The Morgan fingerprint density at radius 2 is 1.96 bits per heavy atom. The van der Waals surface area contributed by atoms with Gasteiger partial charge in [0.2, 0.25) is 5.91 Å². The summed E-state index contributed by atoms with van der Waals surface area (Å²) >= 11 is 0. The maximum atomic E-state index is 12.5. The Kier molecular flexibility index (Phi) is 6.71. The molecule has 2 aliphatic rings. The summed E-state index contributed by atoms with van der Waals surface area (Å²) in [6, 6.07) is 8.28. The first kappa shape index (κ1) is 18.8. The fourth-order valence-electron chi connectivity index (χ4n) is 3.62. The van der Waals surface area contributed by atoms with E-state index < -0.39 is 0 Å². The molecule has 4 heteroatoms. The third-order valence-corrected chi connectivity index (χ3v) is 5.00. The molecular weight excluding hydrogens is 320 g/mol. The van der Waals surface area contributed by atoms with Gasteiger partial charge in [-0.05, 0) is 57.0 Å². The lowest BCUT2D eigenvalue weighted by Crippen LogP contribution is -2.37. The summed E-state index contributed by atoms with van der Waals surface area (Å²) in [7, 11) is 1.90. The number of benzene rings is 1. The second-order valence-corrected chi connectivity index (χ2v) is 6.90. The van der Waals surface area contributed by atoms with Crippen LogP contribution >= 0.6 is 12.4 Å². The summed E-state index contributed by atoms with van der Waals surface area (Å²) < 4.78 is 0. The average Bonchev–Trinajstić information content (AvgIpc) is 2.82. The van der Waals surface area contributed by atoms with Gasteiger partial charge in [-0.3, -0.25) is 4.79 Å². The van der Waals surface area contributed by atoms with Crippen molar-refractivity contribution >= 4 is 18.3 Å². The SMILES string of the molecule is Cc1cccc(C#C[C@@H]2C[C@H](CN3CCCCC3)C(=O)N2C)c1.Cl. The van der Waals surface area contributed by atoms with Gasteiger partial charge in [0.15, 0.2) is 0 Å². The van der Waals surface area contributed by atoms with Gasteiger partial charge in [-0.2, -0.15) is 0 Å². The monoisotopic (exact) mass is 346 g/mol. The Labute approximate surface area is 151 Å². The number of hydrogen-bond acceptors (Lipinski definition) is 2. The predicted octanol–water partition coefficient (Wildman–Crippen LogP) is 3.10. The number of carbonyl (C=O) groups excluding carboxylic acids is 1. The molecule has 0 bridgehead atoms. The van der Waals surface area contributed by atoms with Crippen LogP contribution in [0.1, 0.15) is 36.8 Å². The van der Waals surface area contributed by atoms with Crippen molar-refractivity contribution in [1.82, 2.24) is 9.80 Å². The molecule has 0 radical (unpaired) electrons. The summed E-state index contributed by atoms with van der Waals surface area (Å²) in [4.78, 5) is 16.8. The molecule has 0 saturated carbocycles. The minimum absolute atomic E-state index is 0. The van der Waals surface area contributed by atoms with Gasteiger partial charge in [0.25, 0.3) is 0 Å². The number of likely N-dealkylation sites (tertiary alicyclic amines) is 2. The third-order valence-electron chi connectivity index (χ3n) is 5.00. The molecule has 2 fully saturated rings. The van der Waals surface area contributed by atoms with E-state index in [0.717, 1.165) is 31.6 Å². The van der Waals surface area contributed by atoms with Crippen LogP contribution in [0.2, 0.25) is 0 Å². The zero-order chi connectivity index (χ0) is 16.2. The zero-order valence-corrected chi connectivity index (χ0v) is 15.4. The van der Waals surface area contributed by atoms with E-state index in [4.69, 9.17) is 0 Å².